The van der Waals surface area contributed by atoms with Gasteiger partial charge in [-0.25, -0.2) is 13.4 Å². The Bertz CT molecular complexity index is 925. The van der Waals surface area contributed by atoms with Crippen LogP contribution in [0.4, 0.5) is 5.13 Å². The Morgan fingerprint density at radius 1 is 1.29 bits per heavy atom. The smallest absolute Gasteiger partial charge is 0.267 e. The zero-order chi connectivity index (χ0) is 15.2. The summed E-state index contributed by atoms with van der Waals surface area (Å²) < 4.78 is 29.8. The van der Waals surface area contributed by atoms with E-state index in [1.54, 1.807) is 14.0 Å². The second-order valence-corrected chi connectivity index (χ2v) is 7.48. The van der Waals surface area contributed by atoms with Crippen molar-refractivity contribution < 1.29 is 8.42 Å². The molecule has 6 nitrogen and oxygen atoms in total. The van der Waals surface area contributed by atoms with Crippen LogP contribution in [0.1, 0.15) is 11.3 Å². The number of hydrogen-bond acceptors (Lipinski definition) is 5. The van der Waals surface area contributed by atoms with E-state index in [1.807, 2.05) is 25.1 Å². The molecule has 0 unspecified atom stereocenters. The number of rotatable bonds is 3. The maximum Gasteiger partial charge on any atom is 0.267 e. The van der Waals surface area contributed by atoms with Gasteiger partial charge in [0.2, 0.25) is 0 Å². The molecule has 1 N–H and O–H groups in total. The Hall–Kier alpha value is -1.93. The van der Waals surface area contributed by atoms with Crippen LogP contribution in [0, 0.1) is 13.8 Å². The van der Waals surface area contributed by atoms with Gasteiger partial charge in [0.1, 0.15) is 4.90 Å². The van der Waals surface area contributed by atoms with Crippen LogP contribution >= 0.6 is 11.3 Å². The maximum absolute atomic E-state index is 12.4. The number of aromatic nitrogens is 3. The van der Waals surface area contributed by atoms with E-state index in [0.29, 0.717) is 10.8 Å². The van der Waals surface area contributed by atoms with Gasteiger partial charge in [-0.1, -0.05) is 23.5 Å². The van der Waals surface area contributed by atoms with Gasteiger partial charge >= 0.3 is 0 Å². The average molecular weight is 322 g/mol. The van der Waals surface area contributed by atoms with Crippen molar-refractivity contribution in [2.24, 2.45) is 7.05 Å². The highest BCUT2D eigenvalue weighted by Gasteiger charge is 2.21. The molecular weight excluding hydrogens is 308 g/mol. The Balaban J connectivity index is 2.01. The van der Waals surface area contributed by atoms with Crippen LogP contribution in [-0.2, 0) is 17.1 Å². The van der Waals surface area contributed by atoms with Crippen molar-refractivity contribution in [2.75, 3.05) is 4.72 Å². The van der Waals surface area contributed by atoms with Crippen molar-refractivity contribution >= 4 is 36.7 Å². The molecule has 3 rings (SSSR count). The molecule has 3 aromatic rings. The van der Waals surface area contributed by atoms with E-state index in [-0.39, 0.29) is 4.90 Å². The summed E-state index contributed by atoms with van der Waals surface area (Å²) in [5, 5.41) is 4.42. The van der Waals surface area contributed by atoms with E-state index in [1.165, 1.54) is 22.2 Å². The highest BCUT2D eigenvalue weighted by molar-refractivity contribution is 7.93. The molecule has 0 saturated heterocycles. The van der Waals surface area contributed by atoms with Gasteiger partial charge in [-0.3, -0.25) is 9.40 Å². The molecule has 2 heterocycles. The lowest BCUT2D eigenvalue weighted by Crippen LogP contribution is -2.13. The number of nitrogens with zero attached hydrogens (tertiary/aromatic N) is 3. The minimum absolute atomic E-state index is 0.168. The maximum atomic E-state index is 12.4. The van der Waals surface area contributed by atoms with E-state index < -0.39 is 10.0 Å². The lowest BCUT2D eigenvalue weighted by Gasteiger charge is -2.02. The molecule has 0 amide bonds. The van der Waals surface area contributed by atoms with Gasteiger partial charge < -0.3 is 0 Å². The van der Waals surface area contributed by atoms with Gasteiger partial charge in [0.05, 0.1) is 15.9 Å². The third-order valence-electron chi connectivity index (χ3n) is 3.10. The predicted octanol–water partition coefficient (Wildman–Crippen LogP) is 2.45. The van der Waals surface area contributed by atoms with Gasteiger partial charge in [0, 0.05) is 13.2 Å². The number of hydrogen-bond donors (Lipinski definition) is 1. The zero-order valence-electron chi connectivity index (χ0n) is 11.8. The fourth-order valence-corrected chi connectivity index (χ4v) is 4.54. The van der Waals surface area contributed by atoms with Crippen LogP contribution in [0.5, 0.6) is 0 Å². The van der Waals surface area contributed by atoms with Gasteiger partial charge in [0.15, 0.2) is 5.13 Å². The summed E-state index contributed by atoms with van der Waals surface area (Å²) >= 11 is 1.32. The normalized spacial score (nSPS) is 12.0. The first-order valence-electron chi connectivity index (χ1n) is 6.26. The van der Waals surface area contributed by atoms with Crippen LogP contribution in [0.15, 0.2) is 29.3 Å². The van der Waals surface area contributed by atoms with Crippen molar-refractivity contribution in [2.45, 2.75) is 18.7 Å². The molecule has 110 valence electrons. The van der Waals surface area contributed by atoms with Crippen molar-refractivity contribution in [3.8, 4) is 0 Å². The van der Waals surface area contributed by atoms with Crippen LogP contribution in [-0.4, -0.2) is 23.2 Å². The van der Waals surface area contributed by atoms with E-state index in [4.69, 9.17) is 0 Å². The fourth-order valence-electron chi connectivity index (χ4n) is 2.14. The van der Waals surface area contributed by atoms with Gasteiger partial charge in [0.25, 0.3) is 10.0 Å². The minimum Gasteiger partial charge on any atom is -0.274 e. The van der Waals surface area contributed by atoms with Crippen molar-refractivity contribution in [1.82, 2.24) is 14.8 Å². The molecule has 0 bridgehead atoms. The molecule has 0 spiro atoms. The number of anilines is 1. The third kappa shape index (κ3) is 2.52. The SMILES string of the molecule is Cc1nn(C)cc1S(=O)(=O)Nc1nc2c(C)cccc2s1. The lowest BCUT2D eigenvalue weighted by atomic mass is 10.2. The molecule has 0 aliphatic carbocycles. The first kappa shape index (κ1) is 14.0. The van der Waals surface area contributed by atoms with Crippen LogP contribution < -0.4 is 4.72 Å². The molecular formula is C13H14N4O2S2. The van der Waals surface area contributed by atoms with Gasteiger partial charge in [-0.2, -0.15) is 5.10 Å². The molecule has 0 saturated carbocycles. The second kappa shape index (κ2) is 4.81. The number of benzene rings is 1. The minimum atomic E-state index is -3.67. The number of thiazole rings is 1. The van der Waals surface area contributed by atoms with Gasteiger partial charge in [-0.05, 0) is 25.5 Å². The van der Waals surface area contributed by atoms with Crippen molar-refractivity contribution in [3.05, 3.63) is 35.7 Å². The first-order chi connectivity index (χ1) is 9.87. The molecule has 8 heteroatoms. The highest BCUT2D eigenvalue weighted by atomic mass is 32.2. The Labute approximate surface area is 126 Å². The standard InChI is InChI=1S/C13H14N4O2S2/c1-8-5-4-6-10-12(8)14-13(20-10)16-21(18,19)11-7-17(3)15-9(11)2/h4-7H,1-3H3,(H,14,16). The molecule has 0 atom stereocenters. The van der Waals surface area contributed by atoms with Gasteiger partial charge in [-0.15, -0.1) is 0 Å². The Morgan fingerprint density at radius 2 is 2.05 bits per heavy atom. The molecule has 1 aromatic carbocycles. The van der Waals surface area contributed by atoms with Crippen LogP contribution in [0.2, 0.25) is 0 Å². The van der Waals surface area contributed by atoms with Crippen LogP contribution in [0.25, 0.3) is 10.2 Å². The largest absolute Gasteiger partial charge is 0.274 e. The number of fused-ring (bicyclic) bond motifs is 1. The second-order valence-electron chi connectivity index (χ2n) is 4.80. The molecule has 0 radical (unpaired) electrons. The summed E-state index contributed by atoms with van der Waals surface area (Å²) in [4.78, 5) is 4.53. The number of sulfonamides is 1. The Morgan fingerprint density at radius 3 is 2.67 bits per heavy atom. The molecule has 2 aromatic heterocycles. The molecule has 21 heavy (non-hydrogen) atoms. The topological polar surface area (TPSA) is 76.9 Å². The summed E-state index contributed by atoms with van der Waals surface area (Å²) in [6, 6.07) is 5.80. The summed E-state index contributed by atoms with van der Waals surface area (Å²) in [7, 11) is -1.98. The number of nitrogens with one attached hydrogen (secondary N) is 1. The van der Waals surface area contributed by atoms with Crippen LogP contribution in [0.3, 0.4) is 0 Å². The highest BCUT2D eigenvalue weighted by Crippen LogP contribution is 2.29. The fraction of sp³-hybridized carbons (Fsp3) is 0.231. The lowest BCUT2D eigenvalue weighted by molar-refractivity contribution is 0.600. The molecule has 0 aliphatic heterocycles. The molecule has 0 aliphatic rings. The Kier molecular flexibility index (Phi) is 3.22. The van der Waals surface area contributed by atoms with Crippen molar-refractivity contribution in [1.29, 1.82) is 0 Å². The quantitative estimate of drug-likeness (QED) is 0.803. The molecule has 0 fully saturated rings. The number of para-hydroxylation sites is 1. The predicted molar refractivity (Wildman–Crippen MR) is 83.1 cm³/mol. The van der Waals surface area contributed by atoms with E-state index in [9.17, 15) is 8.42 Å². The summed E-state index contributed by atoms with van der Waals surface area (Å²) in [6.45, 7) is 3.61. The van der Waals surface area contributed by atoms with E-state index >= 15 is 0 Å². The van der Waals surface area contributed by atoms with Crippen molar-refractivity contribution in [3.63, 3.8) is 0 Å². The van der Waals surface area contributed by atoms with E-state index in [2.05, 4.69) is 14.8 Å². The third-order valence-corrected chi connectivity index (χ3v) is 5.61. The number of aryl methyl sites for hydroxylation is 3. The first-order valence-corrected chi connectivity index (χ1v) is 8.56. The monoisotopic (exact) mass is 322 g/mol. The zero-order valence-corrected chi connectivity index (χ0v) is 13.4. The summed E-state index contributed by atoms with van der Waals surface area (Å²) in [6.07, 6.45) is 1.48. The van der Waals surface area contributed by atoms with E-state index in [0.717, 1.165) is 15.8 Å². The average Bonchev–Trinajstić information content (AvgIpc) is 2.93. The summed E-state index contributed by atoms with van der Waals surface area (Å²) in [5.74, 6) is 0. The summed E-state index contributed by atoms with van der Waals surface area (Å²) in [5.41, 5.74) is 2.30.